The summed E-state index contributed by atoms with van der Waals surface area (Å²) in [6.45, 7) is 2.03. The highest BCUT2D eigenvalue weighted by molar-refractivity contribution is 6.28. The van der Waals surface area contributed by atoms with E-state index in [0.717, 1.165) is 11.1 Å². The third-order valence-electron chi connectivity index (χ3n) is 2.14. The molecular weight excluding hydrogens is 160 g/mol. The van der Waals surface area contributed by atoms with Crippen LogP contribution in [0, 0.1) is 6.92 Å². The van der Waals surface area contributed by atoms with E-state index in [1.807, 2.05) is 37.3 Å². The second-order valence-electron chi connectivity index (χ2n) is 3.17. The summed E-state index contributed by atoms with van der Waals surface area (Å²) in [6.07, 6.45) is 5.24. The zero-order valence-corrected chi connectivity index (χ0v) is 7.45. The molecule has 0 bridgehead atoms. The van der Waals surface area contributed by atoms with Gasteiger partial charge in [-0.25, -0.2) is 0 Å². The first kappa shape index (κ1) is 7.99. The number of rotatable bonds is 1. The van der Waals surface area contributed by atoms with Crippen molar-refractivity contribution in [2.24, 2.45) is 0 Å². The van der Waals surface area contributed by atoms with Crippen molar-refractivity contribution in [3.8, 4) is 0 Å². The molecule has 0 aromatic heterocycles. The maximum atomic E-state index is 11.3. The molecule has 1 aromatic rings. The number of carbonyl (C=O) groups excluding carboxylic acids is 1. The summed E-state index contributed by atoms with van der Waals surface area (Å²) in [4.78, 5) is 11.3. The third-order valence-corrected chi connectivity index (χ3v) is 2.14. The van der Waals surface area contributed by atoms with Crippen LogP contribution in [0.15, 0.2) is 42.5 Å². The largest absolute Gasteiger partial charge is 0.289 e. The molecule has 0 N–H and O–H groups in total. The number of allylic oxidation sites excluding steroid dienone is 4. The van der Waals surface area contributed by atoms with Crippen molar-refractivity contribution in [2.75, 3.05) is 0 Å². The molecule has 0 amide bonds. The molecule has 1 nitrogen and oxygen atoms in total. The Morgan fingerprint density at radius 3 is 2.31 bits per heavy atom. The first-order valence-corrected chi connectivity index (χ1v) is 4.27. The molecule has 1 aliphatic carbocycles. The fourth-order valence-corrected chi connectivity index (χ4v) is 1.38. The predicted molar refractivity (Wildman–Crippen MR) is 53.3 cm³/mol. The minimum Gasteiger partial charge on any atom is -0.289 e. The average molecular weight is 170 g/mol. The van der Waals surface area contributed by atoms with Crippen LogP contribution in [-0.4, -0.2) is 5.78 Å². The quantitative estimate of drug-likeness (QED) is 0.633. The monoisotopic (exact) mass is 170 g/mol. The van der Waals surface area contributed by atoms with Crippen LogP contribution in [-0.2, 0) is 4.79 Å². The lowest BCUT2D eigenvalue weighted by Gasteiger charge is -2.00. The van der Waals surface area contributed by atoms with Gasteiger partial charge in [-0.1, -0.05) is 42.0 Å². The molecule has 0 atom stereocenters. The summed E-state index contributed by atoms with van der Waals surface area (Å²) in [5.41, 5.74) is 3.00. The van der Waals surface area contributed by atoms with Crippen molar-refractivity contribution in [3.63, 3.8) is 0 Å². The molecule has 0 heterocycles. The van der Waals surface area contributed by atoms with Gasteiger partial charge in [0.1, 0.15) is 0 Å². The SMILES string of the molecule is Cc1ccc(C2=CC=CC2=O)cc1. The van der Waals surface area contributed by atoms with Crippen LogP contribution >= 0.6 is 0 Å². The number of hydrogen-bond donors (Lipinski definition) is 0. The normalized spacial score (nSPS) is 14.8. The number of benzene rings is 1. The topological polar surface area (TPSA) is 17.1 Å². The van der Waals surface area contributed by atoms with Crippen LogP contribution in [0.1, 0.15) is 11.1 Å². The molecular formula is C12H10O. The van der Waals surface area contributed by atoms with Crippen LogP contribution in [0.25, 0.3) is 5.57 Å². The first-order valence-electron chi connectivity index (χ1n) is 4.27. The molecule has 0 unspecified atom stereocenters. The van der Waals surface area contributed by atoms with E-state index >= 15 is 0 Å². The molecule has 0 saturated carbocycles. The van der Waals surface area contributed by atoms with Crippen LogP contribution in [0.2, 0.25) is 0 Å². The summed E-state index contributed by atoms with van der Waals surface area (Å²) in [6, 6.07) is 7.99. The van der Waals surface area contributed by atoms with Crippen LogP contribution in [0.4, 0.5) is 0 Å². The molecule has 0 saturated heterocycles. The van der Waals surface area contributed by atoms with Gasteiger partial charge >= 0.3 is 0 Å². The average Bonchev–Trinajstić information content (AvgIpc) is 2.53. The van der Waals surface area contributed by atoms with Gasteiger partial charge in [-0.2, -0.15) is 0 Å². The standard InChI is InChI=1S/C12H10O/c1-9-5-7-10(8-6-9)11-3-2-4-12(11)13/h2-8H,1H3. The Morgan fingerprint density at radius 1 is 1.08 bits per heavy atom. The lowest BCUT2D eigenvalue weighted by Crippen LogP contribution is -1.93. The van der Waals surface area contributed by atoms with Crippen LogP contribution < -0.4 is 0 Å². The Hall–Kier alpha value is -1.63. The Kier molecular flexibility index (Phi) is 1.85. The van der Waals surface area contributed by atoms with Gasteiger partial charge in [-0.15, -0.1) is 0 Å². The fraction of sp³-hybridized carbons (Fsp3) is 0.0833. The van der Waals surface area contributed by atoms with Crippen molar-refractivity contribution < 1.29 is 4.79 Å². The maximum absolute atomic E-state index is 11.3. The Balaban J connectivity index is 2.38. The van der Waals surface area contributed by atoms with Crippen molar-refractivity contribution in [3.05, 3.63) is 53.6 Å². The Labute approximate surface area is 77.4 Å². The van der Waals surface area contributed by atoms with E-state index in [4.69, 9.17) is 0 Å². The molecule has 1 aromatic carbocycles. The van der Waals surface area contributed by atoms with Crippen LogP contribution in [0.3, 0.4) is 0 Å². The third kappa shape index (κ3) is 1.45. The highest BCUT2D eigenvalue weighted by Crippen LogP contribution is 2.20. The molecule has 2 rings (SSSR count). The minimum atomic E-state index is 0.101. The summed E-state index contributed by atoms with van der Waals surface area (Å²) in [5.74, 6) is 0.101. The van der Waals surface area contributed by atoms with Crippen molar-refractivity contribution in [1.82, 2.24) is 0 Å². The number of hydrogen-bond acceptors (Lipinski definition) is 1. The lowest BCUT2D eigenvalue weighted by molar-refractivity contribution is -0.109. The van der Waals surface area contributed by atoms with Gasteiger partial charge in [0.05, 0.1) is 0 Å². The molecule has 1 aliphatic rings. The van der Waals surface area contributed by atoms with Crippen molar-refractivity contribution in [1.29, 1.82) is 0 Å². The molecule has 0 radical (unpaired) electrons. The fourth-order valence-electron chi connectivity index (χ4n) is 1.38. The van der Waals surface area contributed by atoms with Gasteiger partial charge in [0, 0.05) is 5.57 Å². The molecule has 0 spiro atoms. The molecule has 13 heavy (non-hydrogen) atoms. The highest BCUT2D eigenvalue weighted by atomic mass is 16.1. The van der Waals surface area contributed by atoms with E-state index in [0.29, 0.717) is 0 Å². The van der Waals surface area contributed by atoms with E-state index in [-0.39, 0.29) is 5.78 Å². The Morgan fingerprint density at radius 2 is 1.77 bits per heavy atom. The van der Waals surface area contributed by atoms with Crippen molar-refractivity contribution >= 4 is 11.4 Å². The second-order valence-corrected chi connectivity index (χ2v) is 3.17. The van der Waals surface area contributed by atoms with E-state index in [1.165, 1.54) is 5.56 Å². The van der Waals surface area contributed by atoms with E-state index in [9.17, 15) is 4.79 Å². The van der Waals surface area contributed by atoms with Crippen LogP contribution in [0.5, 0.6) is 0 Å². The maximum Gasteiger partial charge on any atom is 0.186 e. The highest BCUT2D eigenvalue weighted by Gasteiger charge is 2.11. The van der Waals surface area contributed by atoms with Crippen molar-refractivity contribution in [2.45, 2.75) is 6.92 Å². The second kappa shape index (κ2) is 3.02. The van der Waals surface area contributed by atoms with Gasteiger partial charge in [0.2, 0.25) is 0 Å². The first-order chi connectivity index (χ1) is 6.27. The lowest BCUT2D eigenvalue weighted by atomic mass is 10.0. The molecule has 1 heteroatoms. The molecule has 0 fully saturated rings. The molecule has 64 valence electrons. The molecule has 0 aliphatic heterocycles. The number of carbonyl (C=O) groups is 1. The van der Waals surface area contributed by atoms with Gasteiger partial charge in [-0.05, 0) is 18.6 Å². The van der Waals surface area contributed by atoms with Gasteiger partial charge < -0.3 is 0 Å². The minimum absolute atomic E-state index is 0.101. The van der Waals surface area contributed by atoms with Gasteiger partial charge in [-0.3, -0.25) is 4.79 Å². The number of aryl methyl sites for hydroxylation is 1. The zero-order chi connectivity index (χ0) is 9.26. The van der Waals surface area contributed by atoms with Gasteiger partial charge in [0.25, 0.3) is 0 Å². The van der Waals surface area contributed by atoms with E-state index in [2.05, 4.69) is 0 Å². The van der Waals surface area contributed by atoms with Gasteiger partial charge in [0.15, 0.2) is 5.78 Å². The predicted octanol–water partition coefficient (Wildman–Crippen LogP) is 2.52. The smallest absolute Gasteiger partial charge is 0.186 e. The number of ketones is 1. The summed E-state index contributed by atoms with van der Waals surface area (Å²) in [5, 5.41) is 0. The summed E-state index contributed by atoms with van der Waals surface area (Å²) >= 11 is 0. The van der Waals surface area contributed by atoms with E-state index in [1.54, 1.807) is 12.2 Å². The summed E-state index contributed by atoms with van der Waals surface area (Å²) < 4.78 is 0. The zero-order valence-electron chi connectivity index (χ0n) is 7.45. The summed E-state index contributed by atoms with van der Waals surface area (Å²) in [7, 11) is 0. The van der Waals surface area contributed by atoms with E-state index < -0.39 is 0 Å². The Bertz CT molecular complexity index is 394.